The van der Waals surface area contributed by atoms with Crippen LogP contribution >= 0.6 is 0 Å². The fraction of sp³-hybridized carbons (Fsp3) is 0.500. The van der Waals surface area contributed by atoms with Crippen LogP contribution in [0.2, 0.25) is 0 Å². The summed E-state index contributed by atoms with van der Waals surface area (Å²) in [7, 11) is 1.31. The number of nitrogens with zero attached hydrogens (tertiary/aromatic N) is 2. The molecule has 28 heavy (non-hydrogen) atoms. The number of amides is 2. The molecule has 2 rings (SSSR count). The number of nitrogens with one attached hydrogen (secondary N) is 1. The molecule has 8 heteroatoms. The second kappa shape index (κ2) is 8.00. The second-order valence-corrected chi connectivity index (χ2v) is 8.27. The fourth-order valence-electron chi connectivity index (χ4n) is 2.73. The van der Waals surface area contributed by atoms with Gasteiger partial charge in [0.15, 0.2) is 0 Å². The number of carbonyl (C=O) groups excluding carboxylic acids is 3. The highest BCUT2D eigenvalue weighted by molar-refractivity contribution is 6.03. The molecule has 0 spiro atoms. The fourth-order valence-corrected chi connectivity index (χ4v) is 2.73. The highest BCUT2D eigenvalue weighted by Crippen LogP contribution is 2.21. The van der Waals surface area contributed by atoms with E-state index in [0.29, 0.717) is 11.1 Å². The van der Waals surface area contributed by atoms with Crippen LogP contribution in [0.5, 0.6) is 0 Å². The Morgan fingerprint density at radius 2 is 1.96 bits per heavy atom. The summed E-state index contributed by atoms with van der Waals surface area (Å²) >= 11 is 0. The van der Waals surface area contributed by atoms with Gasteiger partial charge in [-0.3, -0.25) is 9.69 Å². The zero-order valence-electron chi connectivity index (χ0n) is 17.2. The summed E-state index contributed by atoms with van der Waals surface area (Å²) < 4.78 is 9.98. The van der Waals surface area contributed by atoms with E-state index in [1.54, 1.807) is 45.0 Å². The van der Waals surface area contributed by atoms with Gasteiger partial charge in [-0.25, -0.2) is 9.59 Å². The van der Waals surface area contributed by atoms with E-state index < -0.39 is 23.2 Å². The van der Waals surface area contributed by atoms with Crippen molar-refractivity contribution in [3.8, 4) is 0 Å². The van der Waals surface area contributed by atoms with Gasteiger partial charge in [0, 0.05) is 12.0 Å². The quantitative estimate of drug-likeness (QED) is 0.799. The average Bonchev–Trinajstić information content (AvgIpc) is 2.55. The molecule has 1 aromatic carbocycles. The lowest BCUT2D eigenvalue weighted by Crippen LogP contribution is -2.60. The molecule has 0 aromatic heterocycles. The molecular formula is C20H27N3O5. The number of aliphatic imine (C=N–C) groups is 1. The number of hydrogen-bond acceptors (Lipinski definition) is 5. The molecular weight excluding hydrogens is 362 g/mol. The predicted molar refractivity (Wildman–Crippen MR) is 104 cm³/mol. The molecule has 0 unspecified atom stereocenters. The highest BCUT2D eigenvalue weighted by atomic mass is 16.6. The van der Waals surface area contributed by atoms with Crippen molar-refractivity contribution in [2.75, 3.05) is 7.11 Å². The first-order chi connectivity index (χ1) is 12.9. The van der Waals surface area contributed by atoms with Crippen molar-refractivity contribution in [1.29, 1.82) is 0 Å². The van der Waals surface area contributed by atoms with Gasteiger partial charge in [0.25, 0.3) is 0 Å². The van der Waals surface area contributed by atoms with Gasteiger partial charge in [0.2, 0.25) is 11.9 Å². The molecule has 0 atom stereocenters. The van der Waals surface area contributed by atoms with Crippen molar-refractivity contribution in [3.05, 3.63) is 35.4 Å². The lowest BCUT2D eigenvalue weighted by atomic mass is 9.97. The summed E-state index contributed by atoms with van der Waals surface area (Å²) in [6.07, 6.45) is -0.550. The van der Waals surface area contributed by atoms with E-state index in [2.05, 4.69) is 10.3 Å². The van der Waals surface area contributed by atoms with Crippen molar-refractivity contribution in [3.63, 3.8) is 0 Å². The first-order valence-electron chi connectivity index (χ1n) is 8.98. The van der Waals surface area contributed by atoms with Crippen molar-refractivity contribution >= 4 is 23.9 Å². The molecule has 1 saturated heterocycles. The first-order valence-corrected chi connectivity index (χ1v) is 8.98. The molecule has 152 valence electrons. The van der Waals surface area contributed by atoms with Crippen LogP contribution in [0.25, 0.3) is 0 Å². The van der Waals surface area contributed by atoms with E-state index in [1.165, 1.54) is 12.0 Å². The number of carbonyl (C=O) groups is 3. The number of benzene rings is 1. The third-order valence-electron chi connectivity index (χ3n) is 3.88. The molecule has 1 fully saturated rings. The van der Waals surface area contributed by atoms with Crippen LogP contribution in [-0.2, 0) is 20.8 Å². The summed E-state index contributed by atoms with van der Waals surface area (Å²) in [4.78, 5) is 42.0. The molecule has 0 saturated carbocycles. The van der Waals surface area contributed by atoms with Crippen LogP contribution in [-0.4, -0.2) is 47.1 Å². The second-order valence-electron chi connectivity index (χ2n) is 8.27. The minimum Gasteiger partial charge on any atom is -0.465 e. The zero-order chi connectivity index (χ0) is 21.1. The van der Waals surface area contributed by atoms with Gasteiger partial charge in [-0.15, -0.1) is 4.99 Å². The van der Waals surface area contributed by atoms with E-state index in [-0.39, 0.29) is 24.8 Å². The molecule has 2 amide bonds. The average molecular weight is 389 g/mol. The molecule has 1 aliphatic heterocycles. The van der Waals surface area contributed by atoms with Crippen molar-refractivity contribution in [1.82, 2.24) is 10.2 Å². The molecule has 1 heterocycles. The number of ether oxygens (including phenoxy) is 2. The van der Waals surface area contributed by atoms with E-state index in [4.69, 9.17) is 9.47 Å². The van der Waals surface area contributed by atoms with Gasteiger partial charge in [0.1, 0.15) is 5.60 Å². The van der Waals surface area contributed by atoms with Crippen LogP contribution in [0.3, 0.4) is 0 Å². The van der Waals surface area contributed by atoms with Gasteiger partial charge in [0.05, 0.1) is 19.2 Å². The molecule has 1 N–H and O–H groups in total. The Bertz CT molecular complexity index is 808. The van der Waals surface area contributed by atoms with Gasteiger partial charge in [-0.2, -0.15) is 0 Å². The Balaban J connectivity index is 2.32. The smallest absolute Gasteiger partial charge is 0.437 e. The van der Waals surface area contributed by atoms with Gasteiger partial charge < -0.3 is 14.8 Å². The Hall–Kier alpha value is -2.90. The van der Waals surface area contributed by atoms with Crippen LogP contribution < -0.4 is 5.32 Å². The molecule has 0 radical (unpaired) electrons. The third kappa shape index (κ3) is 5.80. The molecule has 8 nitrogen and oxygen atoms in total. The normalized spacial score (nSPS) is 17.9. The maximum Gasteiger partial charge on any atom is 0.437 e. The summed E-state index contributed by atoms with van der Waals surface area (Å²) in [6, 6.07) is 6.76. The summed E-state index contributed by atoms with van der Waals surface area (Å²) in [5.41, 5.74) is -0.171. The van der Waals surface area contributed by atoms with E-state index in [0.717, 1.165) is 0 Å². The molecule has 1 aromatic rings. The lowest BCUT2D eigenvalue weighted by Gasteiger charge is -2.39. The van der Waals surface area contributed by atoms with Gasteiger partial charge >= 0.3 is 12.1 Å². The van der Waals surface area contributed by atoms with E-state index in [1.807, 2.05) is 13.8 Å². The Morgan fingerprint density at radius 3 is 2.57 bits per heavy atom. The monoisotopic (exact) mass is 389 g/mol. The first kappa shape index (κ1) is 21.4. The van der Waals surface area contributed by atoms with Gasteiger partial charge in [-0.05, 0) is 52.3 Å². The topological polar surface area (TPSA) is 97.3 Å². The predicted octanol–water partition coefficient (Wildman–Crippen LogP) is 2.86. The maximum atomic E-state index is 12.7. The minimum absolute atomic E-state index is 0.124. The molecule has 0 bridgehead atoms. The number of guanidine groups is 1. The van der Waals surface area contributed by atoms with Crippen molar-refractivity contribution in [2.24, 2.45) is 4.99 Å². The van der Waals surface area contributed by atoms with E-state index >= 15 is 0 Å². The maximum absolute atomic E-state index is 12.7. The molecule has 0 aliphatic carbocycles. The number of methoxy groups -OCH3 is 1. The lowest BCUT2D eigenvalue weighted by molar-refractivity contribution is -0.130. The highest BCUT2D eigenvalue weighted by Gasteiger charge is 2.36. The van der Waals surface area contributed by atoms with Crippen LogP contribution in [0.15, 0.2) is 29.3 Å². The van der Waals surface area contributed by atoms with E-state index in [9.17, 15) is 14.4 Å². The minimum atomic E-state index is -0.784. The zero-order valence-corrected chi connectivity index (χ0v) is 17.2. The number of rotatable bonds is 3. The Morgan fingerprint density at radius 1 is 1.29 bits per heavy atom. The van der Waals surface area contributed by atoms with Crippen molar-refractivity contribution < 1.29 is 23.9 Å². The van der Waals surface area contributed by atoms with Crippen LogP contribution in [0.1, 0.15) is 57.0 Å². The Kier molecular flexibility index (Phi) is 6.11. The SMILES string of the molecule is COC(=O)c1cccc(CN2C(=O)CC(C)(C)N/C2=N/C(=O)OC(C)(C)C)c1. The number of esters is 1. The van der Waals surface area contributed by atoms with Crippen molar-refractivity contribution in [2.45, 2.75) is 58.7 Å². The van der Waals surface area contributed by atoms with Gasteiger partial charge in [-0.1, -0.05) is 12.1 Å². The summed E-state index contributed by atoms with van der Waals surface area (Å²) in [6.45, 7) is 9.07. The van der Waals surface area contributed by atoms with Crippen LogP contribution in [0, 0.1) is 0 Å². The molecule has 1 aliphatic rings. The largest absolute Gasteiger partial charge is 0.465 e. The third-order valence-corrected chi connectivity index (χ3v) is 3.88. The number of hydrogen-bond donors (Lipinski definition) is 1. The standard InChI is InChI=1S/C20H27N3O5/c1-19(2,3)28-18(26)21-17-22-20(4,5)11-15(24)23(17)12-13-8-7-9-14(10-13)16(25)27-6/h7-10H,11-12H2,1-6H3,(H,21,22,26). The summed E-state index contributed by atoms with van der Waals surface area (Å²) in [5.74, 6) is -0.526. The van der Waals surface area contributed by atoms with Crippen LogP contribution in [0.4, 0.5) is 4.79 Å². The Labute approximate surface area is 164 Å². The summed E-state index contributed by atoms with van der Waals surface area (Å²) in [5, 5.41) is 3.12.